The van der Waals surface area contributed by atoms with E-state index in [-0.39, 0.29) is 26.9 Å². The Balaban J connectivity index is 1.79. The summed E-state index contributed by atoms with van der Waals surface area (Å²) in [5.74, 6) is 0.139. The molecule has 0 heterocycles. The van der Waals surface area contributed by atoms with Crippen molar-refractivity contribution in [2.45, 2.75) is 18.2 Å². The van der Waals surface area contributed by atoms with E-state index in [2.05, 4.69) is 10.0 Å². The first-order chi connectivity index (χ1) is 16.6. The molecule has 0 bridgehead atoms. The van der Waals surface area contributed by atoms with Gasteiger partial charge in [0.15, 0.2) is 0 Å². The number of nitrogens with one attached hydrogen (secondary N) is 2. The number of amides is 1. The zero-order chi connectivity index (χ0) is 25.8. The van der Waals surface area contributed by atoms with Crippen LogP contribution in [0.4, 0.5) is 5.69 Å². The van der Waals surface area contributed by atoms with Crippen molar-refractivity contribution in [1.29, 1.82) is 0 Å². The van der Waals surface area contributed by atoms with E-state index in [4.69, 9.17) is 44.3 Å². The number of sulfonamides is 1. The van der Waals surface area contributed by atoms with Crippen LogP contribution in [0.25, 0.3) is 0 Å². The summed E-state index contributed by atoms with van der Waals surface area (Å²) in [6, 6.07) is 12.5. The number of benzene rings is 3. The number of methoxy groups -OCH3 is 2. The van der Waals surface area contributed by atoms with Crippen LogP contribution in [0.1, 0.15) is 21.5 Å². The molecule has 11 heteroatoms. The second-order valence-corrected chi connectivity index (χ2v) is 10.4. The van der Waals surface area contributed by atoms with E-state index in [1.807, 2.05) is 0 Å². The fraction of sp³-hybridized carbons (Fsp3) is 0.208. The molecule has 0 atom stereocenters. The fourth-order valence-electron chi connectivity index (χ4n) is 3.31. The number of hydrogen-bond acceptors (Lipinski definition) is 5. The Hall–Kier alpha value is -2.65. The van der Waals surface area contributed by atoms with Gasteiger partial charge in [-0.3, -0.25) is 9.52 Å². The van der Waals surface area contributed by atoms with Gasteiger partial charge >= 0.3 is 0 Å². The summed E-state index contributed by atoms with van der Waals surface area (Å²) >= 11 is 18.2. The summed E-state index contributed by atoms with van der Waals surface area (Å²) in [6.45, 7) is 1.94. The number of halogens is 3. The van der Waals surface area contributed by atoms with Gasteiger partial charge in [0.2, 0.25) is 0 Å². The minimum absolute atomic E-state index is 0.0557. The Bertz CT molecular complexity index is 1360. The molecule has 0 saturated carbocycles. The van der Waals surface area contributed by atoms with Gasteiger partial charge in [0.1, 0.15) is 11.5 Å². The highest BCUT2D eigenvalue weighted by atomic mass is 35.5. The Morgan fingerprint density at radius 3 is 2.29 bits per heavy atom. The van der Waals surface area contributed by atoms with Gasteiger partial charge in [0.25, 0.3) is 15.9 Å². The maximum absolute atomic E-state index is 13.2. The third kappa shape index (κ3) is 6.52. The molecule has 0 aliphatic rings. The average molecular weight is 558 g/mol. The smallest absolute Gasteiger partial charge is 0.262 e. The van der Waals surface area contributed by atoms with Crippen LogP contribution < -0.4 is 19.5 Å². The first kappa shape index (κ1) is 26.9. The van der Waals surface area contributed by atoms with Crippen LogP contribution in [0, 0.1) is 6.92 Å². The minimum Gasteiger partial charge on any atom is -0.495 e. The van der Waals surface area contributed by atoms with Crippen molar-refractivity contribution in [3.63, 3.8) is 0 Å². The molecule has 0 aliphatic heterocycles. The highest BCUT2D eigenvalue weighted by molar-refractivity contribution is 7.92. The lowest BCUT2D eigenvalue weighted by Crippen LogP contribution is -2.26. The van der Waals surface area contributed by atoms with Crippen molar-refractivity contribution in [1.82, 2.24) is 5.32 Å². The van der Waals surface area contributed by atoms with Gasteiger partial charge < -0.3 is 14.8 Å². The Kier molecular flexibility index (Phi) is 8.77. The number of carbonyl (C=O) groups excluding carboxylic acids is 1. The van der Waals surface area contributed by atoms with Gasteiger partial charge in [0, 0.05) is 28.2 Å². The monoisotopic (exact) mass is 556 g/mol. The molecule has 3 aromatic carbocycles. The zero-order valence-corrected chi connectivity index (χ0v) is 22.2. The molecule has 0 spiro atoms. The third-order valence-corrected chi connectivity index (χ3v) is 7.54. The maximum Gasteiger partial charge on any atom is 0.262 e. The van der Waals surface area contributed by atoms with Crippen molar-refractivity contribution < 1.29 is 22.7 Å². The topological polar surface area (TPSA) is 93.7 Å². The van der Waals surface area contributed by atoms with E-state index < -0.39 is 15.9 Å². The van der Waals surface area contributed by atoms with Crippen LogP contribution in [0.3, 0.4) is 0 Å². The molecule has 35 heavy (non-hydrogen) atoms. The molecule has 1 amide bonds. The average Bonchev–Trinajstić information content (AvgIpc) is 2.80. The summed E-state index contributed by atoms with van der Waals surface area (Å²) in [7, 11) is -1.25. The van der Waals surface area contributed by atoms with Crippen molar-refractivity contribution in [2.75, 3.05) is 25.5 Å². The predicted molar refractivity (Wildman–Crippen MR) is 139 cm³/mol. The highest BCUT2D eigenvalue weighted by Crippen LogP contribution is 2.37. The van der Waals surface area contributed by atoms with Crippen molar-refractivity contribution in [3.05, 3.63) is 80.3 Å². The molecule has 0 unspecified atom stereocenters. The van der Waals surface area contributed by atoms with Gasteiger partial charge in [-0.1, -0.05) is 46.9 Å². The largest absolute Gasteiger partial charge is 0.495 e. The number of aryl methyl sites for hydroxylation is 1. The summed E-state index contributed by atoms with van der Waals surface area (Å²) in [5, 5.41) is 4.02. The highest BCUT2D eigenvalue weighted by Gasteiger charge is 2.22. The van der Waals surface area contributed by atoms with Crippen LogP contribution in [0.15, 0.2) is 53.4 Å². The van der Waals surface area contributed by atoms with Crippen molar-refractivity contribution >= 4 is 56.4 Å². The molecular weight excluding hydrogens is 535 g/mol. The van der Waals surface area contributed by atoms with Gasteiger partial charge in [-0.25, -0.2) is 8.42 Å². The van der Waals surface area contributed by atoms with E-state index >= 15 is 0 Å². The van der Waals surface area contributed by atoms with Crippen LogP contribution in [0.2, 0.25) is 15.1 Å². The predicted octanol–water partition coefficient (Wildman–Crippen LogP) is 5.75. The minimum atomic E-state index is -4.08. The van der Waals surface area contributed by atoms with Crippen molar-refractivity contribution in [2.24, 2.45) is 0 Å². The normalized spacial score (nSPS) is 11.1. The number of ether oxygens (including phenoxy) is 2. The van der Waals surface area contributed by atoms with E-state index in [1.54, 1.807) is 37.3 Å². The summed E-state index contributed by atoms with van der Waals surface area (Å²) in [4.78, 5) is 12.7. The van der Waals surface area contributed by atoms with Crippen LogP contribution in [-0.4, -0.2) is 35.1 Å². The van der Waals surface area contributed by atoms with Gasteiger partial charge in [-0.2, -0.15) is 0 Å². The number of rotatable bonds is 9. The SMILES string of the molecule is COc1cc(OC)c(NS(=O)(=O)c2cc(C(=O)NCCc3ccc(Cl)cc3Cl)ccc2C)cc1Cl. The number of carbonyl (C=O) groups is 1. The Labute approximate surface area is 219 Å². The first-order valence-corrected chi connectivity index (χ1v) is 12.9. The molecule has 0 saturated heterocycles. The summed E-state index contributed by atoms with van der Waals surface area (Å²) < 4.78 is 39.3. The molecule has 7 nitrogen and oxygen atoms in total. The lowest BCUT2D eigenvalue weighted by atomic mass is 10.1. The van der Waals surface area contributed by atoms with Gasteiger partial charge in [-0.15, -0.1) is 0 Å². The quantitative estimate of drug-likeness (QED) is 0.350. The molecule has 3 aromatic rings. The first-order valence-electron chi connectivity index (χ1n) is 10.3. The lowest BCUT2D eigenvalue weighted by molar-refractivity contribution is 0.0954. The third-order valence-electron chi connectivity index (χ3n) is 5.15. The van der Waals surface area contributed by atoms with Gasteiger partial charge in [-0.05, 0) is 54.8 Å². The molecule has 0 radical (unpaired) electrons. The molecule has 0 fully saturated rings. The van der Waals surface area contributed by atoms with E-state index in [9.17, 15) is 13.2 Å². The molecular formula is C24H23Cl3N2O5S. The second-order valence-electron chi connectivity index (χ2n) is 7.51. The number of anilines is 1. The standard InChI is InChI=1S/C24H23Cl3N2O5S/c1-14-4-5-16(24(30)28-9-8-15-6-7-17(25)11-18(15)26)10-23(14)35(31,32)29-20-12-19(27)21(33-2)13-22(20)34-3/h4-7,10-13,29H,8-9H2,1-3H3,(H,28,30). The molecule has 0 aliphatic carbocycles. The van der Waals surface area contributed by atoms with Crippen LogP contribution >= 0.6 is 34.8 Å². The number of hydrogen-bond donors (Lipinski definition) is 2. The van der Waals surface area contributed by atoms with Crippen LogP contribution in [0.5, 0.6) is 11.5 Å². The maximum atomic E-state index is 13.2. The van der Waals surface area contributed by atoms with Crippen LogP contribution in [-0.2, 0) is 16.4 Å². The molecule has 186 valence electrons. The van der Waals surface area contributed by atoms with E-state index in [0.29, 0.717) is 34.3 Å². The Morgan fingerprint density at radius 2 is 1.63 bits per heavy atom. The fourth-order valence-corrected chi connectivity index (χ4v) is 5.38. The lowest BCUT2D eigenvalue weighted by Gasteiger charge is -2.16. The summed E-state index contributed by atoms with van der Waals surface area (Å²) in [5.41, 5.74) is 1.62. The van der Waals surface area contributed by atoms with Crippen molar-refractivity contribution in [3.8, 4) is 11.5 Å². The molecule has 0 aromatic heterocycles. The molecule has 3 rings (SSSR count). The molecule has 2 N–H and O–H groups in total. The van der Waals surface area contributed by atoms with E-state index in [0.717, 1.165) is 5.56 Å². The summed E-state index contributed by atoms with van der Waals surface area (Å²) in [6.07, 6.45) is 0.484. The van der Waals surface area contributed by atoms with E-state index in [1.165, 1.54) is 32.4 Å². The second kappa shape index (κ2) is 11.4. The zero-order valence-electron chi connectivity index (χ0n) is 19.1. The Morgan fingerprint density at radius 1 is 0.914 bits per heavy atom. The van der Waals surface area contributed by atoms with Gasteiger partial charge in [0.05, 0.1) is 29.8 Å².